The van der Waals surface area contributed by atoms with E-state index in [2.05, 4.69) is 21.7 Å². The fourth-order valence-corrected chi connectivity index (χ4v) is 2.86. The van der Waals surface area contributed by atoms with Gasteiger partial charge in [0.1, 0.15) is 17.0 Å². The Morgan fingerprint density at radius 2 is 1.86 bits per heavy atom. The zero-order valence-corrected chi connectivity index (χ0v) is 18.2. The molecule has 7 nitrogen and oxygen atoms in total. The first-order valence-electron chi connectivity index (χ1n) is 9.72. The zero-order valence-electron chi connectivity index (χ0n) is 18.2. The summed E-state index contributed by atoms with van der Waals surface area (Å²) in [6, 6.07) is 1.88. The lowest BCUT2D eigenvalue weighted by Crippen LogP contribution is -2.41. The molecule has 0 aromatic carbocycles. The highest BCUT2D eigenvalue weighted by Crippen LogP contribution is 2.38. The van der Waals surface area contributed by atoms with Crippen molar-refractivity contribution in [1.82, 2.24) is 14.3 Å². The van der Waals surface area contributed by atoms with Crippen LogP contribution in [-0.2, 0) is 15.1 Å². The fraction of sp³-hybridized carbons (Fsp3) is 0.619. The summed E-state index contributed by atoms with van der Waals surface area (Å²) in [6.07, 6.45) is 7.01. The Bertz CT molecular complexity index is 729. The minimum absolute atomic E-state index is 0.318. The van der Waals surface area contributed by atoms with Crippen LogP contribution in [0.2, 0.25) is 0 Å². The van der Waals surface area contributed by atoms with Gasteiger partial charge in [-0.05, 0) is 40.7 Å². The predicted octanol–water partition coefficient (Wildman–Crippen LogP) is 3.24. The molecule has 1 aliphatic heterocycles. The van der Waals surface area contributed by atoms with Crippen LogP contribution in [0.4, 0.5) is 0 Å². The van der Waals surface area contributed by atoms with Gasteiger partial charge in [-0.25, -0.2) is 4.98 Å². The minimum Gasteiger partial charge on any atom is -0.496 e. The van der Waals surface area contributed by atoms with Gasteiger partial charge < -0.3 is 23.9 Å². The molecule has 1 aliphatic rings. The van der Waals surface area contributed by atoms with Crippen LogP contribution in [0, 0.1) is 0 Å². The molecule has 2 aromatic rings. The second-order valence-corrected chi connectivity index (χ2v) is 7.61. The normalized spacial score (nSPS) is 16.3. The van der Waals surface area contributed by atoms with E-state index in [4.69, 9.17) is 4.74 Å². The lowest BCUT2D eigenvalue weighted by molar-refractivity contribution is -0.138. The van der Waals surface area contributed by atoms with Crippen LogP contribution in [0.1, 0.15) is 53.0 Å². The number of ether oxygens (including phenoxy) is 2. The van der Waals surface area contributed by atoms with E-state index in [1.165, 1.54) is 0 Å². The average molecular weight is 394 g/mol. The first-order valence-corrected chi connectivity index (χ1v) is 9.72. The maximum atomic E-state index is 10.9. The highest BCUT2D eigenvalue weighted by molar-refractivity contribution is 5.50. The quantitative estimate of drug-likeness (QED) is 0.807. The molecular weight excluding hydrogens is 358 g/mol. The van der Waals surface area contributed by atoms with Gasteiger partial charge in [0.15, 0.2) is 0 Å². The van der Waals surface area contributed by atoms with Crippen molar-refractivity contribution in [2.75, 3.05) is 27.2 Å². The summed E-state index contributed by atoms with van der Waals surface area (Å²) in [6.45, 7) is 11.7. The van der Waals surface area contributed by atoms with Crippen molar-refractivity contribution >= 4 is 12.1 Å². The molecule has 2 aromatic heterocycles. The topological polar surface area (TPSA) is 76.3 Å². The number of carbonyl (C=O) groups is 1. The second kappa shape index (κ2) is 10.4. The Balaban J connectivity index is 0.000000372. The third-order valence-electron chi connectivity index (χ3n) is 4.43. The van der Waals surface area contributed by atoms with Gasteiger partial charge in [-0.3, -0.25) is 4.79 Å². The summed E-state index contributed by atoms with van der Waals surface area (Å²) in [7, 11) is 3.71. The SMILES string of the molecule is CC.CC(C)(C)OC=O.COc1cc2nccn2cc1C1(O)CCN(C)CC1. The highest BCUT2D eigenvalue weighted by Gasteiger charge is 2.36. The number of piperidine rings is 1. The van der Waals surface area contributed by atoms with Gasteiger partial charge >= 0.3 is 0 Å². The first-order chi connectivity index (χ1) is 13.2. The van der Waals surface area contributed by atoms with Crippen molar-refractivity contribution in [3.05, 3.63) is 30.2 Å². The van der Waals surface area contributed by atoms with E-state index in [9.17, 15) is 9.90 Å². The summed E-state index contributed by atoms with van der Waals surface area (Å²) in [4.78, 5) is 16.1. The van der Waals surface area contributed by atoms with Crippen molar-refractivity contribution in [1.29, 1.82) is 0 Å². The molecule has 28 heavy (non-hydrogen) atoms. The monoisotopic (exact) mass is 393 g/mol. The molecule has 0 saturated carbocycles. The van der Waals surface area contributed by atoms with E-state index in [0.717, 1.165) is 37.1 Å². The third-order valence-corrected chi connectivity index (χ3v) is 4.43. The molecule has 1 N–H and O–H groups in total. The first kappa shape index (κ1) is 23.9. The average Bonchev–Trinajstić information content (AvgIpc) is 3.12. The maximum absolute atomic E-state index is 10.9. The molecule has 158 valence electrons. The van der Waals surface area contributed by atoms with Crippen LogP contribution in [0.5, 0.6) is 5.75 Å². The summed E-state index contributed by atoms with van der Waals surface area (Å²) in [5, 5.41) is 10.9. The summed E-state index contributed by atoms with van der Waals surface area (Å²) < 4.78 is 11.9. The van der Waals surface area contributed by atoms with E-state index in [1.807, 2.05) is 57.5 Å². The lowest BCUT2D eigenvalue weighted by Gasteiger charge is -2.37. The number of methoxy groups -OCH3 is 1. The van der Waals surface area contributed by atoms with Gasteiger partial charge in [0, 0.05) is 43.3 Å². The molecule has 7 heteroatoms. The number of carbonyl (C=O) groups excluding carboxylic acids is 1. The standard InChI is InChI=1S/C14H19N3O2.C5H10O2.C2H6/c1-16-6-3-14(18,4-7-16)11-10-17-8-5-15-13(17)9-12(11)19-2;1-5(2,3)7-4-6;1-2/h5,8-10,18H,3-4,6-7H2,1-2H3;4H,1-3H3;1-2H3. The predicted molar refractivity (Wildman–Crippen MR) is 111 cm³/mol. The fourth-order valence-electron chi connectivity index (χ4n) is 2.86. The summed E-state index contributed by atoms with van der Waals surface area (Å²) in [5.41, 5.74) is 0.559. The minimum atomic E-state index is -0.809. The number of pyridine rings is 1. The smallest absolute Gasteiger partial charge is 0.293 e. The Morgan fingerprint density at radius 1 is 1.25 bits per heavy atom. The number of rotatable bonds is 3. The molecule has 0 spiro atoms. The molecule has 0 atom stereocenters. The van der Waals surface area contributed by atoms with Crippen molar-refractivity contribution < 1.29 is 19.4 Å². The van der Waals surface area contributed by atoms with Crippen LogP contribution < -0.4 is 4.74 Å². The molecule has 1 fully saturated rings. The van der Waals surface area contributed by atoms with E-state index in [-0.39, 0.29) is 5.60 Å². The van der Waals surface area contributed by atoms with Gasteiger partial charge in [-0.15, -0.1) is 0 Å². The molecule has 0 bridgehead atoms. The molecule has 3 heterocycles. The van der Waals surface area contributed by atoms with Crippen LogP contribution in [0.15, 0.2) is 24.7 Å². The summed E-state index contributed by atoms with van der Waals surface area (Å²) >= 11 is 0. The summed E-state index contributed by atoms with van der Waals surface area (Å²) in [5.74, 6) is 0.714. The van der Waals surface area contributed by atoms with Crippen LogP contribution in [-0.4, -0.2) is 58.7 Å². The molecule has 1 saturated heterocycles. The van der Waals surface area contributed by atoms with Gasteiger partial charge in [0.2, 0.25) is 0 Å². The maximum Gasteiger partial charge on any atom is 0.293 e. The Hall–Kier alpha value is -2.12. The number of imidazole rings is 1. The largest absolute Gasteiger partial charge is 0.496 e. The van der Waals surface area contributed by atoms with Crippen LogP contribution in [0.25, 0.3) is 5.65 Å². The van der Waals surface area contributed by atoms with Gasteiger partial charge in [0.25, 0.3) is 6.47 Å². The zero-order chi connectivity index (χ0) is 21.4. The Labute approximate surface area is 168 Å². The number of nitrogens with zero attached hydrogens (tertiary/aromatic N) is 3. The molecule has 3 rings (SSSR count). The lowest BCUT2D eigenvalue weighted by atomic mass is 9.85. The molecule has 0 radical (unpaired) electrons. The number of aromatic nitrogens is 2. The molecule has 0 aliphatic carbocycles. The molecule has 0 unspecified atom stereocenters. The van der Waals surface area contributed by atoms with E-state index >= 15 is 0 Å². The second-order valence-electron chi connectivity index (χ2n) is 7.61. The number of hydrogen-bond donors (Lipinski definition) is 1. The number of likely N-dealkylation sites (tertiary alicyclic amines) is 1. The van der Waals surface area contributed by atoms with E-state index < -0.39 is 5.60 Å². The van der Waals surface area contributed by atoms with E-state index in [1.54, 1.807) is 13.3 Å². The van der Waals surface area contributed by atoms with Crippen molar-refractivity contribution in [3.8, 4) is 5.75 Å². The Kier molecular flexibility index (Phi) is 8.91. The number of aliphatic hydroxyl groups is 1. The third kappa shape index (κ3) is 6.49. The number of hydrogen-bond acceptors (Lipinski definition) is 6. The number of fused-ring (bicyclic) bond motifs is 1. The van der Waals surface area contributed by atoms with Crippen molar-refractivity contribution in [3.63, 3.8) is 0 Å². The molecular formula is C21H35N3O4. The van der Waals surface area contributed by atoms with Crippen LogP contribution >= 0.6 is 0 Å². The van der Waals surface area contributed by atoms with Gasteiger partial charge in [-0.1, -0.05) is 13.8 Å². The van der Waals surface area contributed by atoms with Crippen LogP contribution in [0.3, 0.4) is 0 Å². The van der Waals surface area contributed by atoms with E-state index in [0.29, 0.717) is 12.2 Å². The van der Waals surface area contributed by atoms with Gasteiger partial charge in [0.05, 0.1) is 12.7 Å². The Morgan fingerprint density at radius 3 is 2.32 bits per heavy atom. The molecule has 0 amide bonds. The highest BCUT2D eigenvalue weighted by atomic mass is 16.5. The van der Waals surface area contributed by atoms with Gasteiger partial charge in [-0.2, -0.15) is 0 Å². The van der Waals surface area contributed by atoms with Crippen molar-refractivity contribution in [2.45, 2.75) is 58.7 Å². The van der Waals surface area contributed by atoms with Crippen molar-refractivity contribution in [2.24, 2.45) is 0 Å².